The summed E-state index contributed by atoms with van der Waals surface area (Å²) in [6.45, 7) is 0. The number of aliphatic carboxylic acids is 1. The smallest absolute Gasteiger partial charge is 0.352 e. The zero-order valence-electron chi connectivity index (χ0n) is 23.1. The molecule has 0 aromatic carbocycles. The minimum Gasteiger partial charge on any atom is -0.477 e. The Hall–Kier alpha value is -4.92. The van der Waals surface area contributed by atoms with E-state index < -0.39 is 29.9 Å². The van der Waals surface area contributed by atoms with Crippen molar-refractivity contribution in [3.05, 3.63) is 65.5 Å². The molecule has 6 rings (SSSR count). The monoisotopic (exact) mass is 605 g/mol. The first-order chi connectivity index (χ1) is 20.7. The van der Waals surface area contributed by atoms with E-state index in [2.05, 4.69) is 19.8 Å². The topological polar surface area (TPSA) is 184 Å². The Morgan fingerprint density at radius 3 is 2.88 bits per heavy atom. The highest BCUT2D eigenvalue weighted by Crippen LogP contribution is 2.38. The van der Waals surface area contributed by atoms with E-state index in [9.17, 15) is 24.3 Å². The van der Waals surface area contributed by atoms with E-state index in [1.807, 2.05) is 23.9 Å². The molecular formula is C28H29N8O6S+. The Morgan fingerprint density at radius 2 is 2.14 bits per heavy atom. The second-order valence-electron chi connectivity index (χ2n) is 10.7. The van der Waals surface area contributed by atoms with Gasteiger partial charge in [0.05, 0.1) is 12.0 Å². The highest BCUT2D eigenvalue weighted by molar-refractivity contribution is 7.09. The van der Waals surface area contributed by atoms with Crippen molar-refractivity contribution in [2.45, 2.75) is 56.2 Å². The van der Waals surface area contributed by atoms with Crippen molar-refractivity contribution in [3.8, 4) is 0 Å². The van der Waals surface area contributed by atoms with Crippen molar-refractivity contribution in [1.82, 2.24) is 19.6 Å². The Kier molecular flexibility index (Phi) is 7.48. The number of nitrogen functional groups attached to an aromatic ring is 1. The van der Waals surface area contributed by atoms with Crippen LogP contribution in [-0.2, 0) is 31.1 Å². The molecule has 4 aliphatic rings. The van der Waals surface area contributed by atoms with E-state index in [-0.39, 0.29) is 23.6 Å². The molecule has 4 N–H and O–H groups in total. The summed E-state index contributed by atoms with van der Waals surface area (Å²) in [6, 6.07) is 2.18. The lowest BCUT2D eigenvalue weighted by molar-refractivity contribution is -0.670. The average Bonchev–Trinajstić information content (AvgIpc) is 3.71. The van der Waals surface area contributed by atoms with Crippen LogP contribution >= 0.6 is 11.5 Å². The third-order valence-electron chi connectivity index (χ3n) is 7.98. The summed E-state index contributed by atoms with van der Waals surface area (Å²) < 4.78 is 6.07. The molecule has 0 bridgehead atoms. The quantitative estimate of drug-likeness (QED) is 0.129. The van der Waals surface area contributed by atoms with Crippen molar-refractivity contribution in [1.29, 1.82) is 0 Å². The van der Waals surface area contributed by atoms with Gasteiger partial charge in [-0.3, -0.25) is 24.2 Å². The molecule has 2 aromatic rings. The van der Waals surface area contributed by atoms with E-state index in [0.29, 0.717) is 40.6 Å². The molecule has 1 aliphatic carbocycles. The molecule has 0 spiro atoms. The number of oxime groups is 1. The first-order valence-electron chi connectivity index (χ1n) is 13.8. The number of carboxylic acids is 1. The molecule has 3 amide bonds. The number of aryl methyl sites for hydroxylation is 1. The number of pyridine rings is 1. The van der Waals surface area contributed by atoms with Gasteiger partial charge in [0.25, 0.3) is 17.7 Å². The molecule has 5 heterocycles. The molecule has 2 fully saturated rings. The Balaban J connectivity index is 1.10. The summed E-state index contributed by atoms with van der Waals surface area (Å²) in [5.41, 5.74) is 6.85. The molecule has 2 unspecified atom stereocenters. The number of nitrogens with one attached hydrogen (secondary N) is 1. The van der Waals surface area contributed by atoms with Gasteiger partial charge in [-0.15, -0.1) is 0 Å². The molecule has 1 saturated heterocycles. The Bertz CT molecular complexity index is 1630. The molecule has 0 radical (unpaired) electrons. The van der Waals surface area contributed by atoms with Gasteiger partial charge in [-0.2, -0.15) is 4.37 Å². The van der Waals surface area contributed by atoms with Crippen LogP contribution < -0.4 is 20.5 Å². The van der Waals surface area contributed by atoms with Gasteiger partial charge in [0, 0.05) is 29.4 Å². The number of β-lactam (4-membered cyclic amide) rings is 1. The van der Waals surface area contributed by atoms with Crippen LogP contribution in [0.5, 0.6) is 0 Å². The standard InChI is InChI=1S/C28H28N8O6S/c1-34-10-3-4-17(14-34)35-11-9-16(25(35)38)12-15-7-8-19-22(26(39)36(19)23(15)27(40)41)31-21(37)13-30-42-20-6-2-5-18(20)24-32-28(29)43-33-24/h3-4,9-14,18-20,22H,2,5-8H2,1H3,(H3-,29,31,32,33,37,40,41)/p+1/b16-12+,30-13-/t18?,19-,20?,22+/m1/s1. The lowest BCUT2D eigenvalue weighted by atomic mass is 9.83. The predicted octanol–water partition coefficient (Wildman–Crippen LogP) is 0.898. The number of rotatable bonds is 8. The number of nitrogens with two attached hydrogens (primary N) is 1. The van der Waals surface area contributed by atoms with E-state index in [1.54, 1.807) is 24.5 Å². The van der Waals surface area contributed by atoms with Crippen LogP contribution in [-0.4, -0.2) is 67.5 Å². The summed E-state index contributed by atoms with van der Waals surface area (Å²) in [4.78, 5) is 63.4. The molecule has 3 aliphatic heterocycles. The summed E-state index contributed by atoms with van der Waals surface area (Å²) >= 11 is 1.12. The van der Waals surface area contributed by atoms with Gasteiger partial charge >= 0.3 is 5.97 Å². The third kappa shape index (κ3) is 5.38. The van der Waals surface area contributed by atoms with Gasteiger partial charge < -0.3 is 21.0 Å². The van der Waals surface area contributed by atoms with Gasteiger partial charge in [0.15, 0.2) is 23.3 Å². The van der Waals surface area contributed by atoms with Gasteiger partial charge in [-0.1, -0.05) is 5.16 Å². The van der Waals surface area contributed by atoms with Crippen LogP contribution in [0.3, 0.4) is 0 Å². The summed E-state index contributed by atoms with van der Waals surface area (Å²) in [6.07, 6.45) is 12.3. The number of allylic oxidation sites excluding steroid dienone is 2. The minimum absolute atomic E-state index is 0.0669. The summed E-state index contributed by atoms with van der Waals surface area (Å²) in [7, 11) is 1.85. The molecular weight excluding hydrogens is 576 g/mol. The van der Waals surface area contributed by atoms with Crippen LogP contribution in [0.4, 0.5) is 10.8 Å². The number of fused-ring (bicyclic) bond motifs is 1. The fraction of sp³-hybridized carbons (Fsp3) is 0.357. The number of amides is 3. The molecule has 15 heteroatoms. The van der Waals surface area contributed by atoms with Gasteiger partial charge in [0.2, 0.25) is 0 Å². The molecule has 14 nitrogen and oxygen atoms in total. The van der Waals surface area contributed by atoms with E-state index >= 15 is 0 Å². The van der Waals surface area contributed by atoms with E-state index in [4.69, 9.17) is 10.6 Å². The maximum Gasteiger partial charge on any atom is 0.352 e. The zero-order chi connectivity index (χ0) is 30.2. The van der Waals surface area contributed by atoms with Crippen LogP contribution in [0, 0.1) is 0 Å². The molecule has 222 valence electrons. The number of nitrogens with zero attached hydrogens (tertiary/aromatic N) is 6. The molecule has 2 aromatic heterocycles. The van der Waals surface area contributed by atoms with Gasteiger partial charge in [0.1, 0.15) is 36.8 Å². The van der Waals surface area contributed by atoms with Crippen molar-refractivity contribution >= 4 is 52.3 Å². The Labute approximate surface area is 250 Å². The highest BCUT2D eigenvalue weighted by Gasteiger charge is 2.53. The Morgan fingerprint density at radius 1 is 1.30 bits per heavy atom. The minimum atomic E-state index is -1.28. The zero-order valence-corrected chi connectivity index (χ0v) is 23.9. The number of hydrogen-bond donors (Lipinski definition) is 3. The van der Waals surface area contributed by atoms with Crippen LogP contribution in [0.15, 0.2) is 64.9 Å². The predicted molar refractivity (Wildman–Crippen MR) is 153 cm³/mol. The SMILES string of the molecule is C[n+]1cccc(N2C=C/C(=C\C3=C(C(=O)O)N4C(=O)[C@@H](NC(=O)/C=N\OC5CCCC5c5nsc(N)n5)[C@H]4CC3)C2=O)c1. The molecule has 1 saturated carbocycles. The van der Waals surface area contributed by atoms with E-state index in [0.717, 1.165) is 37.0 Å². The number of carboxylic acid groups (broad SMARTS) is 1. The van der Waals surface area contributed by atoms with Crippen LogP contribution in [0.1, 0.15) is 43.8 Å². The number of carbonyl (C=O) groups is 4. The maximum atomic E-state index is 13.1. The van der Waals surface area contributed by atoms with E-state index in [1.165, 1.54) is 15.9 Å². The normalized spacial score (nSPS) is 25.9. The first-order valence-corrected chi connectivity index (χ1v) is 14.6. The first kappa shape index (κ1) is 28.2. The van der Waals surface area contributed by atoms with Crippen molar-refractivity contribution in [2.24, 2.45) is 12.2 Å². The highest BCUT2D eigenvalue weighted by atomic mass is 32.1. The van der Waals surface area contributed by atoms with Gasteiger partial charge in [-0.25, -0.2) is 14.3 Å². The third-order valence-corrected chi connectivity index (χ3v) is 8.54. The summed E-state index contributed by atoms with van der Waals surface area (Å²) in [5, 5.41) is 16.8. The van der Waals surface area contributed by atoms with Crippen molar-refractivity contribution in [2.75, 3.05) is 10.6 Å². The number of anilines is 2. The average molecular weight is 606 g/mol. The fourth-order valence-electron chi connectivity index (χ4n) is 5.97. The molecule has 4 atom stereocenters. The number of carbonyl (C=O) groups excluding carboxylic acids is 3. The largest absolute Gasteiger partial charge is 0.477 e. The van der Waals surface area contributed by atoms with Crippen LogP contribution in [0.2, 0.25) is 0 Å². The lowest BCUT2D eigenvalue weighted by Crippen LogP contribution is -2.71. The van der Waals surface area contributed by atoms with Gasteiger partial charge in [-0.05, 0) is 55.9 Å². The van der Waals surface area contributed by atoms with Crippen LogP contribution in [0.25, 0.3) is 0 Å². The lowest BCUT2D eigenvalue weighted by Gasteiger charge is -2.49. The second kappa shape index (κ2) is 11.4. The molecule has 43 heavy (non-hydrogen) atoms. The second-order valence-corrected chi connectivity index (χ2v) is 11.5. The van der Waals surface area contributed by atoms with Crippen molar-refractivity contribution < 1.29 is 33.7 Å². The fourth-order valence-corrected chi connectivity index (χ4v) is 6.47. The maximum absolute atomic E-state index is 13.1. The van der Waals surface area contributed by atoms with Crippen molar-refractivity contribution in [3.63, 3.8) is 0 Å². The summed E-state index contributed by atoms with van der Waals surface area (Å²) in [5.74, 6) is -2.22. The number of hydrogen-bond acceptors (Lipinski definition) is 10. The number of aromatic nitrogens is 3.